The van der Waals surface area contributed by atoms with E-state index in [0.717, 1.165) is 31.7 Å². The van der Waals surface area contributed by atoms with Crippen molar-refractivity contribution in [2.45, 2.75) is 32.4 Å². The van der Waals surface area contributed by atoms with E-state index < -0.39 is 0 Å². The van der Waals surface area contributed by atoms with Crippen LogP contribution < -0.4 is 10.9 Å². The fourth-order valence-corrected chi connectivity index (χ4v) is 3.83. The largest absolute Gasteiger partial charge is 0.468 e. The molecular weight excluding hydrogens is 356 g/mol. The summed E-state index contributed by atoms with van der Waals surface area (Å²) in [5.41, 5.74) is 0.0943. The quantitative estimate of drug-likeness (QED) is 0.711. The molecule has 1 N–H and O–H groups in total. The fraction of sp³-hybridized carbons (Fsp3) is 0.381. The van der Waals surface area contributed by atoms with E-state index in [1.54, 1.807) is 24.5 Å². The highest BCUT2D eigenvalue weighted by molar-refractivity contribution is 6.04. The minimum atomic E-state index is -0.283. The molecule has 7 heteroatoms. The van der Waals surface area contributed by atoms with E-state index >= 15 is 0 Å². The van der Waals surface area contributed by atoms with Crippen LogP contribution >= 0.6 is 0 Å². The van der Waals surface area contributed by atoms with Crippen LogP contribution in [0.25, 0.3) is 10.8 Å². The first kappa shape index (κ1) is 18.4. The number of likely N-dealkylation sites (tertiary alicyclic amines) is 1. The minimum absolute atomic E-state index is 0.00945. The van der Waals surface area contributed by atoms with Crippen LogP contribution in [0, 0.1) is 0 Å². The normalized spacial score (nSPS) is 15.8. The van der Waals surface area contributed by atoms with Gasteiger partial charge < -0.3 is 9.73 Å². The highest BCUT2D eigenvalue weighted by Crippen LogP contribution is 2.25. The molecule has 146 valence electrons. The molecule has 28 heavy (non-hydrogen) atoms. The Morgan fingerprint density at radius 3 is 2.61 bits per heavy atom. The number of hydrogen-bond acceptors (Lipinski definition) is 5. The summed E-state index contributed by atoms with van der Waals surface area (Å²) in [5.74, 6) is 0.563. The van der Waals surface area contributed by atoms with Crippen LogP contribution in [0.2, 0.25) is 0 Å². The van der Waals surface area contributed by atoms with Crippen molar-refractivity contribution in [1.82, 2.24) is 20.0 Å². The van der Waals surface area contributed by atoms with Gasteiger partial charge in [-0.2, -0.15) is 5.10 Å². The Morgan fingerprint density at radius 2 is 1.93 bits per heavy atom. The van der Waals surface area contributed by atoms with Crippen molar-refractivity contribution in [1.29, 1.82) is 0 Å². The van der Waals surface area contributed by atoms with Crippen molar-refractivity contribution in [2.75, 3.05) is 19.6 Å². The van der Waals surface area contributed by atoms with Crippen molar-refractivity contribution in [3.8, 4) is 0 Å². The van der Waals surface area contributed by atoms with Crippen LogP contribution in [0.5, 0.6) is 0 Å². The second-order valence-electron chi connectivity index (χ2n) is 7.00. The predicted octanol–water partition coefficient (Wildman–Crippen LogP) is 2.58. The van der Waals surface area contributed by atoms with Gasteiger partial charge in [0.1, 0.15) is 5.76 Å². The number of benzene rings is 1. The van der Waals surface area contributed by atoms with Gasteiger partial charge in [0.05, 0.1) is 17.7 Å². The van der Waals surface area contributed by atoms with Gasteiger partial charge in [-0.1, -0.05) is 18.2 Å². The van der Waals surface area contributed by atoms with E-state index in [0.29, 0.717) is 23.9 Å². The van der Waals surface area contributed by atoms with Crippen molar-refractivity contribution < 1.29 is 9.21 Å². The van der Waals surface area contributed by atoms with Gasteiger partial charge in [0.15, 0.2) is 5.69 Å². The monoisotopic (exact) mass is 380 g/mol. The Morgan fingerprint density at radius 1 is 1.18 bits per heavy atom. The number of carbonyl (C=O) groups excluding carboxylic acids is 1. The maximum Gasteiger partial charge on any atom is 0.274 e. The first-order valence-electron chi connectivity index (χ1n) is 9.74. The smallest absolute Gasteiger partial charge is 0.274 e. The molecule has 7 nitrogen and oxygen atoms in total. The molecule has 1 fully saturated rings. The molecule has 1 aliphatic rings. The molecule has 0 radical (unpaired) electrons. The molecule has 4 rings (SSSR count). The summed E-state index contributed by atoms with van der Waals surface area (Å²) in [5, 5.41) is 8.40. The zero-order valence-electron chi connectivity index (χ0n) is 15.9. The van der Waals surface area contributed by atoms with Crippen molar-refractivity contribution >= 4 is 16.7 Å². The third-order valence-electron chi connectivity index (χ3n) is 5.29. The molecule has 0 spiro atoms. The lowest BCUT2D eigenvalue weighted by Gasteiger charge is -2.26. The lowest BCUT2D eigenvalue weighted by molar-refractivity contribution is 0.0928. The fourth-order valence-electron chi connectivity index (χ4n) is 3.83. The van der Waals surface area contributed by atoms with Gasteiger partial charge in [0, 0.05) is 18.5 Å². The topological polar surface area (TPSA) is 80.4 Å². The lowest BCUT2D eigenvalue weighted by atomic mass is 10.1. The van der Waals surface area contributed by atoms with Crippen LogP contribution in [0.15, 0.2) is 51.9 Å². The summed E-state index contributed by atoms with van der Waals surface area (Å²) >= 11 is 0. The number of aromatic nitrogens is 2. The standard InChI is InChI=1S/C21H24N4O3/c1-2-25-21(27)16-9-4-3-8-15(16)19(23-25)20(26)22-14-17(18-10-7-13-28-18)24-11-5-6-12-24/h3-4,7-10,13,17H,2,5-6,11-12,14H2,1H3,(H,22,26)/t17-/m1/s1. The van der Waals surface area contributed by atoms with E-state index in [1.165, 1.54) is 4.68 Å². The average Bonchev–Trinajstić information content (AvgIpc) is 3.43. The number of amides is 1. The Bertz CT molecular complexity index is 1020. The molecule has 0 saturated carbocycles. The summed E-state index contributed by atoms with van der Waals surface area (Å²) in [6.07, 6.45) is 3.96. The highest BCUT2D eigenvalue weighted by Gasteiger charge is 2.26. The summed E-state index contributed by atoms with van der Waals surface area (Å²) in [4.78, 5) is 27.8. The molecule has 1 amide bonds. The molecule has 3 aromatic rings. The predicted molar refractivity (Wildman–Crippen MR) is 106 cm³/mol. The van der Waals surface area contributed by atoms with Crippen LogP contribution in [0.1, 0.15) is 42.1 Å². The van der Waals surface area contributed by atoms with Gasteiger partial charge in [-0.3, -0.25) is 14.5 Å². The molecule has 1 aliphatic heterocycles. The number of nitrogens with zero attached hydrogens (tertiary/aromatic N) is 3. The van der Waals surface area contributed by atoms with Crippen LogP contribution in [0.4, 0.5) is 0 Å². The molecule has 1 saturated heterocycles. The number of nitrogens with one attached hydrogen (secondary N) is 1. The highest BCUT2D eigenvalue weighted by atomic mass is 16.3. The molecule has 2 aromatic heterocycles. The number of aryl methyl sites for hydroxylation is 1. The van der Waals surface area contributed by atoms with Gasteiger partial charge in [-0.05, 0) is 51.1 Å². The first-order chi connectivity index (χ1) is 13.7. The second kappa shape index (κ2) is 7.98. The summed E-state index contributed by atoms with van der Waals surface area (Å²) in [6, 6.07) is 10.9. The number of rotatable bonds is 6. The Hall–Kier alpha value is -2.93. The maximum absolute atomic E-state index is 13.0. The maximum atomic E-state index is 13.0. The van der Waals surface area contributed by atoms with Gasteiger partial charge >= 0.3 is 0 Å². The minimum Gasteiger partial charge on any atom is -0.468 e. The van der Waals surface area contributed by atoms with Gasteiger partial charge in [-0.25, -0.2) is 4.68 Å². The van der Waals surface area contributed by atoms with E-state index in [9.17, 15) is 9.59 Å². The average molecular weight is 380 g/mol. The molecule has 3 heterocycles. The Balaban J connectivity index is 1.61. The van der Waals surface area contributed by atoms with Gasteiger partial charge in [0.2, 0.25) is 0 Å². The molecule has 0 bridgehead atoms. The van der Waals surface area contributed by atoms with Crippen molar-refractivity contribution in [3.63, 3.8) is 0 Å². The Kier molecular flexibility index (Phi) is 5.25. The molecule has 1 atom stereocenters. The zero-order chi connectivity index (χ0) is 19.5. The van der Waals surface area contributed by atoms with Gasteiger partial charge in [0.25, 0.3) is 11.5 Å². The van der Waals surface area contributed by atoms with Crippen LogP contribution in [-0.2, 0) is 6.54 Å². The number of furan rings is 1. The third kappa shape index (κ3) is 3.45. The molecular formula is C21H24N4O3. The SMILES string of the molecule is CCn1nc(C(=O)NC[C@H](c2ccco2)N2CCCC2)c2ccccc2c1=O. The number of fused-ring (bicyclic) bond motifs is 1. The number of hydrogen-bond donors (Lipinski definition) is 1. The Labute approximate surface area is 162 Å². The van der Waals surface area contributed by atoms with Crippen LogP contribution in [0.3, 0.4) is 0 Å². The summed E-state index contributed by atoms with van der Waals surface area (Å²) < 4.78 is 6.95. The zero-order valence-corrected chi connectivity index (χ0v) is 15.9. The van der Waals surface area contributed by atoms with Crippen LogP contribution in [-0.4, -0.2) is 40.2 Å². The van der Waals surface area contributed by atoms with E-state index in [-0.39, 0.29) is 23.2 Å². The lowest BCUT2D eigenvalue weighted by Crippen LogP contribution is -2.37. The first-order valence-corrected chi connectivity index (χ1v) is 9.74. The molecule has 0 unspecified atom stereocenters. The van der Waals surface area contributed by atoms with E-state index in [4.69, 9.17) is 4.42 Å². The van der Waals surface area contributed by atoms with E-state index in [2.05, 4.69) is 15.3 Å². The summed E-state index contributed by atoms with van der Waals surface area (Å²) in [7, 11) is 0. The second-order valence-corrected chi connectivity index (χ2v) is 7.00. The third-order valence-corrected chi connectivity index (χ3v) is 5.29. The molecule has 0 aliphatic carbocycles. The van der Waals surface area contributed by atoms with Crippen molar-refractivity contribution in [2.24, 2.45) is 0 Å². The van der Waals surface area contributed by atoms with Crippen molar-refractivity contribution in [3.05, 3.63) is 64.5 Å². The van der Waals surface area contributed by atoms with Gasteiger partial charge in [-0.15, -0.1) is 0 Å². The molecule has 1 aromatic carbocycles. The number of carbonyl (C=O) groups is 1. The van der Waals surface area contributed by atoms with E-state index in [1.807, 2.05) is 25.1 Å². The summed E-state index contributed by atoms with van der Waals surface area (Å²) in [6.45, 7) is 4.65.